The number of amides is 1. The lowest BCUT2D eigenvalue weighted by molar-refractivity contribution is -0.120. The van der Waals surface area contributed by atoms with Gasteiger partial charge in [-0.3, -0.25) is 4.79 Å². The molecule has 0 saturated carbocycles. The van der Waals surface area contributed by atoms with Gasteiger partial charge in [0, 0.05) is 19.7 Å². The van der Waals surface area contributed by atoms with Crippen LogP contribution in [0.5, 0.6) is 0 Å². The number of carbonyl (C=O) groups excluding carboxylic acids is 1. The summed E-state index contributed by atoms with van der Waals surface area (Å²) in [7, 11) is 1.63. The number of carbonyl (C=O) groups is 1. The summed E-state index contributed by atoms with van der Waals surface area (Å²) in [5.74, 6) is 0.0502. The van der Waals surface area contributed by atoms with Gasteiger partial charge in [-0.2, -0.15) is 0 Å². The molecule has 1 rings (SSSR count). The van der Waals surface area contributed by atoms with Crippen LogP contribution in [0.4, 0.5) is 0 Å². The van der Waals surface area contributed by atoms with E-state index in [2.05, 4.69) is 16.0 Å². The molecule has 1 aliphatic heterocycles. The molecule has 1 atom stereocenters. The van der Waals surface area contributed by atoms with Crippen molar-refractivity contribution in [1.29, 1.82) is 0 Å². The van der Waals surface area contributed by atoms with Crippen LogP contribution in [0.25, 0.3) is 0 Å². The SMILES string of the molecule is COCCNC(=O)CNC1CCCNCC1. The molecule has 0 spiro atoms. The Morgan fingerprint density at radius 2 is 2.31 bits per heavy atom. The third kappa shape index (κ3) is 6.05. The van der Waals surface area contributed by atoms with Gasteiger partial charge in [-0.15, -0.1) is 0 Å². The maximum absolute atomic E-state index is 11.4. The molecule has 0 aromatic heterocycles. The number of rotatable bonds is 6. The number of nitrogens with one attached hydrogen (secondary N) is 3. The van der Waals surface area contributed by atoms with Crippen molar-refractivity contribution >= 4 is 5.91 Å². The van der Waals surface area contributed by atoms with E-state index < -0.39 is 0 Å². The van der Waals surface area contributed by atoms with Crippen molar-refractivity contribution in [2.45, 2.75) is 25.3 Å². The molecule has 0 aromatic rings. The minimum absolute atomic E-state index is 0.0502. The Labute approximate surface area is 97.3 Å². The summed E-state index contributed by atoms with van der Waals surface area (Å²) in [5, 5.41) is 9.44. The molecule has 0 aromatic carbocycles. The molecule has 94 valence electrons. The second-order valence-corrected chi connectivity index (χ2v) is 4.10. The van der Waals surface area contributed by atoms with E-state index >= 15 is 0 Å². The summed E-state index contributed by atoms with van der Waals surface area (Å²) in [6.45, 7) is 3.71. The highest BCUT2D eigenvalue weighted by atomic mass is 16.5. The van der Waals surface area contributed by atoms with E-state index in [-0.39, 0.29) is 5.91 Å². The molecule has 5 nitrogen and oxygen atoms in total. The van der Waals surface area contributed by atoms with Crippen LogP contribution in [0.3, 0.4) is 0 Å². The highest BCUT2D eigenvalue weighted by molar-refractivity contribution is 5.77. The molecular weight excluding hydrogens is 206 g/mol. The van der Waals surface area contributed by atoms with Gasteiger partial charge in [-0.25, -0.2) is 0 Å². The molecule has 1 aliphatic rings. The van der Waals surface area contributed by atoms with E-state index in [1.165, 1.54) is 6.42 Å². The Hall–Kier alpha value is -0.650. The second-order valence-electron chi connectivity index (χ2n) is 4.10. The third-order valence-electron chi connectivity index (χ3n) is 2.76. The minimum Gasteiger partial charge on any atom is -0.383 e. The van der Waals surface area contributed by atoms with E-state index in [0.717, 1.165) is 25.9 Å². The largest absolute Gasteiger partial charge is 0.383 e. The number of ether oxygens (including phenoxy) is 1. The van der Waals surface area contributed by atoms with Crippen molar-refractivity contribution in [2.24, 2.45) is 0 Å². The van der Waals surface area contributed by atoms with Crippen LogP contribution in [0.15, 0.2) is 0 Å². The molecule has 0 bridgehead atoms. The zero-order chi connectivity index (χ0) is 11.6. The van der Waals surface area contributed by atoms with Gasteiger partial charge < -0.3 is 20.7 Å². The lowest BCUT2D eigenvalue weighted by atomic mass is 10.1. The van der Waals surface area contributed by atoms with Gasteiger partial charge in [0.1, 0.15) is 0 Å². The van der Waals surface area contributed by atoms with E-state index in [4.69, 9.17) is 4.74 Å². The van der Waals surface area contributed by atoms with Gasteiger partial charge in [0.15, 0.2) is 0 Å². The normalized spacial score (nSPS) is 21.4. The van der Waals surface area contributed by atoms with E-state index in [1.807, 2.05) is 0 Å². The van der Waals surface area contributed by atoms with Gasteiger partial charge in [0.25, 0.3) is 0 Å². The maximum atomic E-state index is 11.4. The lowest BCUT2D eigenvalue weighted by Gasteiger charge is -2.15. The van der Waals surface area contributed by atoms with Gasteiger partial charge in [-0.05, 0) is 32.4 Å². The summed E-state index contributed by atoms with van der Waals surface area (Å²) >= 11 is 0. The summed E-state index contributed by atoms with van der Waals surface area (Å²) in [5.41, 5.74) is 0. The van der Waals surface area contributed by atoms with Crippen molar-refractivity contribution in [1.82, 2.24) is 16.0 Å². The predicted octanol–water partition coefficient (Wildman–Crippen LogP) is -0.519. The maximum Gasteiger partial charge on any atom is 0.234 e. The standard InChI is InChI=1S/C11H23N3O2/c1-16-8-7-13-11(15)9-14-10-3-2-5-12-6-4-10/h10,12,14H,2-9H2,1H3,(H,13,15). The Balaban J connectivity index is 2.05. The fourth-order valence-electron chi connectivity index (χ4n) is 1.82. The zero-order valence-electron chi connectivity index (χ0n) is 10.1. The van der Waals surface area contributed by atoms with Crippen LogP contribution in [-0.2, 0) is 9.53 Å². The summed E-state index contributed by atoms with van der Waals surface area (Å²) in [6.07, 6.45) is 3.44. The summed E-state index contributed by atoms with van der Waals surface area (Å²) < 4.78 is 4.86. The Morgan fingerprint density at radius 3 is 3.12 bits per heavy atom. The average molecular weight is 229 g/mol. The van der Waals surface area contributed by atoms with Crippen LogP contribution in [0.1, 0.15) is 19.3 Å². The molecule has 0 radical (unpaired) electrons. The Bertz CT molecular complexity index is 192. The first-order valence-electron chi connectivity index (χ1n) is 6.02. The van der Waals surface area contributed by atoms with Gasteiger partial charge >= 0.3 is 0 Å². The minimum atomic E-state index is 0.0502. The number of hydrogen-bond acceptors (Lipinski definition) is 4. The number of hydrogen-bond donors (Lipinski definition) is 3. The van der Waals surface area contributed by atoms with E-state index in [0.29, 0.717) is 25.7 Å². The first kappa shape index (κ1) is 13.4. The van der Waals surface area contributed by atoms with Gasteiger partial charge in [0.05, 0.1) is 13.2 Å². The molecule has 5 heteroatoms. The third-order valence-corrected chi connectivity index (χ3v) is 2.76. The first-order valence-corrected chi connectivity index (χ1v) is 6.02. The summed E-state index contributed by atoms with van der Waals surface area (Å²) in [6, 6.07) is 0.475. The average Bonchev–Trinajstić information content (AvgIpc) is 2.55. The topological polar surface area (TPSA) is 62.4 Å². The first-order chi connectivity index (χ1) is 7.83. The lowest BCUT2D eigenvalue weighted by Crippen LogP contribution is -2.40. The zero-order valence-corrected chi connectivity index (χ0v) is 10.1. The smallest absolute Gasteiger partial charge is 0.234 e. The number of methoxy groups -OCH3 is 1. The van der Waals surface area contributed by atoms with Crippen molar-refractivity contribution in [3.63, 3.8) is 0 Å². The molecule has 0 aliphatic carbocycles. The predicted molar refractivity (Wildman–Crippen MR) is 63.4 cm³/mol. The molecule has 1 amide bonds. The molecule has 1 fully saturated rings. The van der Waals surface area contributed by atoms with Crippen LogP contribution >= 0.6 is 0 Å². The highest BCUT2D eigenvalue weighted by Crippen LogP contribution is 2.03. The monoisotopic (exact) mass is 229 g/mol. The fourth-order valence-corrected chi connectivity index (χ4v) is 1.82. The van der Waals surface area contributed by atoms with Crippen LogP contribution in [0, 0.1) is 0 Å². The molecular formula is C11H23N3O2. The van der Waals surface area contributed by atoms with Crippen molar-refractivity contribution < 1.29 is 9.53 Å². The second kappa shape index (κ2) is 8.50. The van der Waals surface area contributed by atoms with Gasteiger partial charge in [-0.1, -0.05) is 0 Å². The highest BCUT2D eigenvalue weighted by Gasteiger charge is 2.12. The van der Waals surface area contributed by atoms with Crippen LogP contribution in [0.2, 0.25) is 0 Å². The quantitative estimate of drug-likeness (QED) is 0.536. The van der Waals surface area contributed by atoms with Crippen molar-refractivity contribution in [2.75, 3.05) is 39.9 Å². The van der Waals surface area contributed by atoms with Crippen molar-refractivity contribution in [3.05, 3.63) is 0 Å². The fraction of sp³-hybridized carbons (Fsp3) is 0.909. The van der Waals surface area contributed by atoms with Crippen molar-refractivity contribution in [3.8, 4) is 0 Å². The van der Waals surface area contributed by atoms with E-state index in [9.17, 15) is 4.79 Å². The Kier molecular flexibility index (Phi) is 7.12. The summed E-state index contributed by atoms with van der Waals surface area (Å²) in [4.78, 5) is 11.4. The van der Waals surface area contributed by atoms with Gasteiger partial charge in [0.2, 0.25) is 5.91 Å². The molecule has 3 N–H and O–H groups in total. The Morgan fingerprint density at radius 1 is 1.44 bits per heavy atom. The molecule has 16 heavy (non-hydrogen) atoms. The molecule has 1 heterocycles. The van der Waals surface area contributed by atoms with Crippen LogP contribution in [-0.4, -0.2) is 51.8 Å². The molecule has 1 saturated heterocycles. The van der Waals surface area contributed by atoms with Crippen LogP contribution < -0.4 is 16.0 Å². The van der Waals surface area contributed by atoms with E-state index in [1.54, 1.807) is 7.11 Å². The molecule has 1 unspecified atom stereocenters.